The van der Waals surface area contributed by atoms with E-state index in [-0.39, 0.29) is 0 Å². The number of carbonyl (C=O) groups is 2. The molecule has 2 unspecified atom stereocenters. The number of carboxylic acid groups (broad SMARTS) is 2. The van der Waals surface area contributed by atoms with Crippen LogP contribution in [0.15, 0.2) is 0 Å². The summed E-state index contributed by atoms with van der Waals surface area (Å²) in [7, 11) is 0. The largest absolute Gasteiger partial charge is 0.480 e. The average molecular weight is 189 g/mol. The van der Waals surface area contributed by atoms with E-state index in [2.05, 4.69) is 0 Å². The molecule has 0 aliphatic carbocycles. The molecule has 0 heterocycles. The van der Waals surface area contributed by atoms with Crippen molar-refractivity contribution in [1.82, 2.24) is 4.90 Å². The van der Waals surface area contributed by atoms with E-state index in [1.807, 2.05) is 0 Å². The highest BCUT2D eigenvalue weighted by molar-refractivity contribution is 5.76. The fraction of sp³-hybridized carbons (Fsp3) is 0.750. The van der Waals surface area contributed by atoms with Gasteiger partial charge in [-0.25, -0.2) is 0 Å². The third-order valence-electron chi connectivity index (χ3n) is 2.07. The van der Waals surface area contributed by atoms with Gasteiger partial charge in [-0.1, -0.05) is 6.92 Å². The lowest BCUT2D eigenvalue weighted by atomic mass is 10.2. The standard InChI is InChI=1S/C8H15NO4/c1-4-9(5(2)7(10)11)6(3)8(12)13/h5-6H,4H2,1-3H3,(H,10,11)(H,12,13). The molecule has 0 fully saturated rings. The summed E-state index contributed by atoms with van der Waals surface area (Å²) >= 11 is 0. The van der Waals surface area contributed by atoms with Crippen molar-refractivity contribution in [1.29, 1.82) is 0 Å². The summed E-state index contributed by atoms with van der Waals surface area (Å²) < 4.78 is 0. The summed E-state index contributed by atoms with van der Waals surface area (Å²) in [5.41, 5.74) is 0. The number of nitrogens with zero attached hydrogens (tertiary/aromatic N) is 1. The van der Waals surface area contributed by atoms with E-state index in [1.165, 1.54) is 18.7 Å². The molecular weight excluding hydrogens is 174 g/mol. The van der Waals surface area contributed by atoms with Crippen molar-refractivity contribution in [3.8, 4) is 0 Å². The van der Waals surface area contributed by atoms with Crippen LogP contribution in [-0.4, -0.2) is 45.7 Å². The molecule has 0 aromatic rings. The van der Waals surface area contributed by atoms with Crippen LogP contribution >= 0.6 is 0 Å². The molecule has 0 saturated carbocycles. The first kappa shape index (κ1) is 11.9. The van der Waals surface area contributed by atoms with Crippen LogP contribution in [0.25, 0.3) is 0 Å². The fourth-order valence-electron chi connectivity index (χ4n) is 1.17. The first-order valence-corrected chi connectivity index (χ1v) is 4.13. The molecule has 76 valence electrons. The Labute approximate surface area is 77.0 Å². The van der Waals surface area contributed by atoms with Crippen LogP contribution in [0.4, 0.5) is 0 Å². The maximum Gasteiger partial charge on any atom is 0.320 e. The lowest BCUT2D eigenvalue weighted by Crippen LogP contribution is -2.47. The summed E-state index contributed by atoms with van der Waals surface area (Å²) in [6.45, 7) is 5.09. The molecule has 0 radical (unpaired) electrons. The van der Waals surface area contributed by atoms with Gasteiger partial charge in [0.1, 0.15) is 12.1 Å². The SMILES string of the molecule is CCN(C(C)C(=O)O)C(C)C(=O)O. The van der Waals surface area contributed by atoms with Crippen molar-refractivity contribution in [3.05, 3.63) is 0 Å². The zero-order chi connectivity index (χ0) is 10.6. The highest BCUT2D eigenvalue weighted by Gasteiger charge is 2.27. The van der Waals surface area contributed by atoms with Gasteiger partial charge in [-0.05, 0) is 20.4 Å². The monoisotopic (exact) mass is 189 g/mol. The van der Waals surface area contributed by atoms with Crippen molar-refractivity contribution in [3.63, 3.8) is 0 Å². The van der Waals surface area contributed by atoms with Crippen LogP contribution < -0.4 is 0 Å². The highest BCUT2D eigenvalue weighted by Crippen LogP contribution is 2.05. The maximum absolute atomic E-state index is 10.6. The van der Waals surface area contributed by atoms with Crippen molar-refractivity contribution >= 4 is 11.9 Å². The van der Waals surface area contributed by atoms with Gasteiger partial charge in [0.05, 0.1) is 0 Å². The first-order valence-electron chi connectivity index (χ1n) is 4.13. The Hall–Kier alpha value is -1.10. The molecular formula is C8H15NO4. The summed E-state index contributed by atoms with van der Waals surface area (Å²) in [6.07, 6.45) is 0. The summed E-state index contributed by atoms with van der Waals surface area (Å²) in [5, 5.41) is 17.4. The molecule has 0 rings (SSSR count). The van der Waals surface area contributed by atoms with E-state index in [9.17, 15) is 9.59 Å². The van der Waals surface area contributed by atoms with Crippen molar-refractivity contribution < 1.29 is 19.8 Å². The molecule has 5 nitrogen and oxygen atoms in total. The van der Waals surface area contributed by atoms with Crippen molar-refractivity contribution in [2.75, 3.05) is 6.54 Å². The van der Waals surface area contributed by atoms with Crippen LogP contribution in [0.2, 0.25) is 0 Å². The summed E-state index contributed by atoms with van der Waals surface area (Å²) in [5.74, 6) is -2.01. The Morgan fingerprint density at radius 2 is 1.46 bits per heavy atom. The first-order chi connectivity index (χ1) is 5.91. The van der Waals surface area contributed by atoms with Gasteiger partial charge in [0, 0.05) is 0 Å². The molecule has 5 heteroatoms. The Balaban J connectivity index is 4.49. The Morgan fingerprint density at radius 3 is 1.62 bits per heavy atom. The number of likely N-dealkylation sites (N-methyl/N-ethyl adjacent to an activating group) is 1. The van der Waals surface area contributed by atoms with Crippen LogP contribution in [0.3, 0.4) is 0 Å². The third kappa shape index (κ3) is 3.02. The number of hydrogen-bond acceptors (Lipinski definition) is 3. The molecule has 0 amide bonds. The summed E-state index contributed by atoms with van der Waals surface area (Å²) in [6, 6.07) is -1.54. The quantitative estimate of drug-likeness (QED) is 0.648. The van der Waals surface area contributed by atoms with Gasteiger partial charge in [-0.2, -0.15) is 0 Å². The van der Waals surface area contributed by atoms with Crippen LogP contribution in [0, 0.1) is 0 Å². The van der Waals surface area contributed by atoms with Crippen molar-refractivity contribution in [2.24, 2.45) is 0 Å². The minimum atomic E-state index is -1.00. The molecule has 0 aliphatic heterocycles. The Kier molecular flexibility index (Phi) is 4.40. The van der Waals surface area contributed by atoms with E-state index in [1.54, 1.807) is 6.92 Å². The second-order valence-electron chi connectivity index (χ2n) is 2.86. The highest BCUT2D eigenvalue weighted by atomic mass is 16.4. The van der Waals surface area contributed by atoms with Gasteiger partial charge >= 0.3 is 11.9 Å². The third-order valence-corrected chi connectivity index (χ3v) is 2.07. The summed E-state index contributed by atoms with van der Waals surface area (Å²) in [4.78, 5) is 22.6. The van der Waals surface area contributed by atoms with Crippen LogP contribution in [0.5, 0.6) is 0 Å². The van der Waals surface area contributed by atoms with E-state index in [0.29, 0.717) is 6.54 Å². The second kappa shape index (κ2) is 4.81. The minimum Gasteiger partial charge on any atom is -0.480 e. The fourth-order valence-corrected chi connectivity index (χ4v) is 1.17. The minimum absolute atomic E-state index is 0.404. The average Bonchev–Trinajstić information content (AvgIpc) is 2.04. The van der Waals surface area contributed by atoms with Crippen LogP contribution in [0.1, 0.15) is 20.8 Å². The smallest absolute Gasteiger partial charge is 0.320 e. The Bertz CT molecular complexity index is 184. The topological polar surface area (TPSA) is 77.8 Å². The normalized spacial score (nSPS) is 15.4. The lowest BCUT2D eigenvalue weighted by Gasteiger charge is -2.28. The zero-order valence-corrected chi connectivity index (χ0v) is 8.02. The molecule has 0 aromatic carbocycles. The number of carboxylic acids is 2. The molecule has 2 atom stereocenters. The molecule has 0 saturated heterocycles. The maximum atomic E-state index is 10.6. The van der Waals surface area contributed by atoms with Gasteiger partial charge < -0.3 is 10.2 Å². The van der Waals surface area contributed by atoms with Crippen LogP contribution in [-0.2, 0) is 9.59 Å². The molecule has 0 aliphatic rings. The van der Waals surface area contributed by atoms with Gasteiger partial charge in [-0.3, -0.25) is 14.5 Å². The molecule has 13 heavy (non-hydrogen) atoms. The number of hydrogen-bond donors (Lipinski definition) is 2. The van der Waals surface area contributed by atoms with Crippen molar-refractivity contribution in [2.45, 2.75) is 32.9 Å². The van der Waals surface area contributed by atoms with Gasteiger partial charge in [-0.15, -0.1) is 0 Å². The lowest BCUT2D eigenvalue weighted by molar-refractivity contribution is -0.149. The Morgan fingerprint density at radius 1 is 1.15 bits per heavy atom. The van der Waals surface area contributed by atoms with E-state index in [0.717, 1.165) is 0 Å². The number of rotatable bonds is 5. The van der Waals surface area contributed by atoms with Gasteiger partial charge in [0.15, 0.2) is 0 Å². The van der Waals surface area contributed by atoms with E-state index < -0.39 is 24.0 Å². The molecule has 0 aromatic heterocycles. The van der Waals surface area contributed by atoms with E-state index in [4.69, 9.17) is 10.2 Å². The number of aliphatic carboxylic acids is 2. The molecule has 0 spiro atoms. The zero-order valence-electron chi connectivity index (χ0n) is 8.02. The van der Waals surface area contributed by atoms with E-state index >= 15 is 0 Å². The van der Waals surface area contributed by atoms with Gasteiger partial charge in [0.25, 0.3) is 0 Å². The molecule has 2 N–H and O–H groups in total. The second-order valence-corrected chi connectivity index (χ2v) is 2.86. The molecule has 0 bridgehead atoms. The van der Waals surface area contributed by atoms with Gasteiger partial charge in [0.2, 0.25) is 0 Å². The predicted octanol–water partition coefficient (Wildman–Crippen LogP) is 0.254. The predicted molar refractivity (Wildman–Crippen MR) is 46.6 cm³/mol.